The molecule has 3 aromatic rings. The second-order valence-corrected chi connectivity index (χ2v) is 23.2. The average molecular weight is 937 g/mol. The first kappa shape index (κ1) is 46.2. The van der Waals surface area contributed by atoms with Crippen molar-refractivity contribution in [3.8, 4) is 29.4 Å². The second kappa shape index (κ2) is 18.2. The molecule has 0 radical (unpaired) electrons. The van der Waals surface area contributed by atoms with E-state index >= 15 is 0 Å². The van der Waals surface area contributed by atoms with Gasteiger partial charge in [0, 0.05) is 67.9 Å². The topological polar surface area (TPSA) is 150 Å². The zero-order valence-electron chi connectivity index (χ0n) is 41.0. The Bertz CT molecular complexity index is 2450. The summed E-state index contributed by atoms with van der Waals surface area (Å²) >= 11 is 0. The summed E-state index contributed by atoms with van der Waals surface area (Å²) < 4.78 is 0. The molecule has 3 aliphatic carbocycles. The molecule has 69 heavy (non-hydrogen) atoms. The van der Waals surface area contributed by atoms with Crippen LogP contribution in [0.3, 0.4) is 0 Å². The number of carbonyl (C=O) groups excluding carboxylic acids is 3. The van der Waals surface area contributed by atoms with E-state index in [9.17, 15) is 19.5 Å². The van der Waals surface area contributed by atoms with Crippen LogP contribution in [0.5, 0.6) is 5.75 Å². The van der Waals surface area contributed by atoms with E-state index in [-0.39, 0.29) is 34.8 Å². The van der Waals surface area contributed by atoms with Crippen LogP contribution in [0.1, 0.15) is 109 Å². The lowest BCUT2D eigenvalue weighted by molar-refractivity contribution is -0.150. The molecule has 0 unspecified atom stereocenters. The van der Waals surface area contributed by atoms with Gasteiger partial charge in [-0.05, 0) is 150 Å². The van der Waals surface area contributed by atoms with Crippen LogP contribution in [0.15, 0.2) is 54.6 Å². The highest BCUT2D eigenvalue weighted by Crippen LogP contribution is 2.60. The molecule has 2 aromatic carbocycles. The number of terminal acetylenes is 1. The number of nitrogens with one attached hydrogen (secondary N) is 3. The molecule has 1 aromatic heterocycles. The Morgan fingerprint density at radius 1 is 0.797 bits per heavy atom. The predicted molar refractivity (Wildman–Crippen MR) is 267 cm³/mol. The SMILES string of the molecule is C#Cc1ccc(C2(NC(=O)[C@@H]3CCCN3C(=O)[C@@H](NC(=O)[C@H]3CC4(C3)C[C@H](N3CCC(N5CCC(N6CCN7c8cc(-c9ccccc9O)nnc8NC[C@H]7C6)CC5)CC3)C4)C(C)(C)C)CC2)cc1. The number of aromatic hydroxyl groups is 1. The van der Waals surface area contributed by atoms with Gasteiger partial charge in [0.1, 0.15) is 17.8 Å². The van der Waals surface area contributed by atoms with Gasteiger partial charge in [0.25, 0.3) is 0 Å². The lowest BCUT2D eigenvalue weighted by Crippen LogP contribution is -2.63. The summed E-state index contributed by atoms with van der Waals surface area (Å²) in [5.41, 5.74) is 3.69. The lowest BCUT2D eigenvalue weighted by Gasteiger charge is -2.60. The standard InChI is InChI=1S/C55H72N10O4/c1-5-36-12-14-38(15-13-36)55(20-21-55)58-51(68)45-10-8-22-65(45)52(69)48(53(2,3)4)57-50(67)37-30-54(31-37)32-41(33-54)62-25-16-39(17-26-62)61-23-18-40(19-24-61)63-27-28-64-42(35-63)34-56-49-46(64)29-44(59-60-49)43-9-6-7-11-47(43)66/h1,6-7,9,11-15,29,37,39-42,45,48,66H,8,10,16-28,30-35H2,2-4H3,(H,56,60)(H,57,67)(H,58,68)/t37-,41-,42-,45-,48+,54?/m0/s1. The van der Waals surface area contributed by atoms with Gasteiger partial charge >= 0.3 is 0 Å². The molecule has 3 amide bonds. The number of rotatable bonds is 10. The summed E-state index contributed by atoms with van der Waals surface area (Å²) in [6.07, 6.45) is 17.8. The van der Waals surface area contributed by atoms with Crippen molar-refractivity contribution in [1.29, 1.82) is 0 Å². The van der Waals surface area contributed by atoms with E-state index in [4.69, 9.17) is 6.42 Å². The number of phenolic OH excluding ortho intramolecular Hbond substituents is 1. The minimum absolute atomic E-state index is 0.0102. The average Bonchev–Trinajstić information content (AvgIpc) is 3.94. The smallest absolute Gasteiger partial charge is 0.246 e. The Labute approximate surface area is 408 Å². The minimum Gasteiger partial charge on any atom is -0.507 e. The van der Waals surface area contributed by atoms with Crippen LogP contribution in [0, 0.1) is 29.1 Å². The first-order chi connectivity index (χ1) is 33.3. The minimum atomic E-state index is -0.699. The maximum atomic E-state index is 14.3. The number of fused-ring (bicyclic) bond motifs is 3. The summed E-state index contributed by atoms with van der Waals surface area (Å²) in [5.74, 6) is 3.37. The third kappa shape index (κ3) is 8.97. The fraction of sp³-hybridized carbons (Fsp3) is 0.618. The number of piperidine rings is 2. The van der Waals surface area contributed by atoms with Crippen molar-refractivity contribution in [2.75, 3.05) is 69.1 Å². The van der Waals surface area contributed by atoms with Gasteiger partial charge in [-0.2, -0.15) is 0 Å². The molecular weight excluding hydrogens is 865 g/mol. The number of piperazine rings is 1. The van der Waals surface area contributed by atoms with Crippen LogP contribution in [0.2, 0.25) is 0 Å². The Morgan fingerprint density at radius 2 is 1.48 bits per heavy atom. The zero-order valence-corrected chi connectivity index (χ0v) is 41.0. The highest BCUT2D eigenvalue weighted by molar-refractivity contribution is 5.94. The molecule has 14 nitrogen and oxygen atoms in total. The third-order valence-corrected chi connectivity index (χ3v) is 17.9. The highest BCUT2D eigenvalue weighted by atomic mass is 16.3. The number of phenols is 1. The first-order valence-corrected chi connectivity index (χ1v) is 26.2. The van der Waals surface area contributed by atoms with Crippen molar-refractivity contribution in [3.05, 3.63) is 65.7 Å². The molecule has 3 saturated carbocycles. The molecule has 1 spiro atoms. The van der Waals surface area contributed by atoms with Gasteiger partial charge in [0.2, 0.25) is 17.7 Å². The fourth-order valence-corrected chi connectivity index (χ4v) is 13.6. The number of aromatic nitrogens is 2. The van der Waals surface area contributed by atoms with Gasteiger partial charge in [-0.3, -0.25) is 19.3 Å². The fourth-order valence-electron chi connectivity index (χ4n) is 13.6. The Kier molecular flexibility index (Phi) is 12.2. The molecule has 11 rings (SSSR count). The molecule has 4 saturated heterocycles. The number of hydrogen-bond acceptors (Lipinski definition) is 11. The van der Waals surface area contributed by atoms with Gasteiger partial charge in [-0.15, -0.1) is 16.6 Å². The number of likely N-dealkylation sites (tertiary alicyclic amines) is 3. The Morgan fingerprint density at radius 3 is 2.14 bits per heavy atom. The maximum absolute atomic E-state index is 14.3. The van der Waals surface area contributed by atoms with E-state index in [1.54, 1.807) is 11.0 Å². The second-order valence-electron chi connectivity index (χ2n) is 23.2. The highest BCUT2D eigenvalue weighted by Gasteiger charge is 2.57. The van der Waals surface area contributed by atoms with Gasteiger partial charge in [0.15, 0.2) is 5.82 Å². The number of para-hydroxylation sites is 1. The van der Waals surface area contributed by atoms with E-state index in [1.807, 2.05) is 63.2 Å². The van der Waals surface area contributed by atoms with Crippen molar-refractivity contribution in [3.63, 3.8) is 0 Å². The number of nitrogens with zero attached hydrogens (tertiary/aromatic N) is 7. The quantitative estimate of drug-likeness (QED) is 0.190. The Balaban J connectivity index is 0.608. The van der Waals surface area contributed by atoms with Gasteiger partial charge in [-0.1, -0.05) is 51.0 Å². The summed E-state index contributed by atoms with van der Waals surface area (Å²) in [6, 6.07) is 18.3. The van der Waals surface area contributed by atoms with Crippen LogP contribution < -0.4 is 20.9 Å². The zero-order chi connectivity index (χ0) is 47.7. The molecule has 366 valence electrons. The molecule has 6 heterocycles. The normalized spacial score (nSPS) is 28.8. The number of carbonyl (C=O) groups is 3. The van der Waals surface area contributed by atoms with Crippen molar-refractivity contribution in [2.45, 2.75) is 140 Å². The van der Waals surface area contributed by atoms with Crippen molar-refractivity contribution >= 4 is 29.2 Å². The largest absolute Gasteiger partial charge is 0.507 e. The van der Waals surface area contributed by atoms with Gasteiger partial charge in [0.05, 0.1) is 23.0 Å². The molecule has 4 N–H and O–H groups in total. The summed E-state index contributed by atoms with van der Waals surface area (Å²) in [7, 11) is 0. The Hall–Kier alpha value is -5.23. The van der Waals surface area contributed by atoms with Crippen LogP contribution in [0.4, 0.5) is 11.5 Å². The third-order valence-electron chi connectivity index (χ3n) is 17.9. The van der Waals surface area contributed by atoms with Crippen LogP contribution in [0.25, 0.3) is 11.3 Å². The monoisotopic (exact) mass is 937 g/mol. The predicted octanol–water partition coefficient (Wildman–Crippen LogP) is 5.56. The van der Waals surface area contributed by atoms with Crippen LogP contribution in [-0.2, 0) is 19.9 Å². The number of benzene rings is 2. The van der Waals surface area contributed by atoms with E-state index in [0.29, 0.717) is 48.4 Å². The summed E-state index contributed by atoms with van der Waals surface area (Å²) in [4.78, 5) is 54.5. The number of anilines is 2. The summed E-state index contributed by atoms with van der Waals surface area (Å²) in [6.45, 7) is 15.1. The van der Waals surface area contributed by atoms with Crippen LogP contribution >= 0.6 is 0 Å². The van der Waals surface area contributed by atoms with E-state index in [2.05, 4.69) is 57.7 Å². The molecule has 7 fully saturated rings. The molecule has 14 heteroatoms. The summed E-state index contributed by atoms with van der Waals surface area (Å²) in [5, 5.41) is 29.5. The van der Waals surface area contributed by atoms with E-state index in [0.717, 1.165) is 94.0 Å². The molecule has 0 bridgehead atoms. The first-order valence-electron chi connectivity index (χ1n) is 26.2. The molecule has 5 aliphatic heterocycles. The van der Waals surface area contributed by atoms with E-state index in [1.165, 1.54) is 51.6 Å². The molecule has 3 atom stereocenters. The van der Waals surface area contributed by atoms with Crippen LogP contribution in [-0.4, -0.2) is 148 Å². The van der Waals surface area contributed by atoms with E-state index < -0.39 is 23.0 Å². The maximum Gasteiger partial charge on any atom is 0.246 e. The molecular formula is C55H72N10O4. The van der Waals surface area contributed by atoms with Crippen molar-refractivity contribution < 1.29 is 19.5 Å². The van der Waals surface area contributed by atoms with Crippen molar-refractivity contribution in [2.24, 2.45) is 16.7 Å². The number of hydrogen-bond donors (Lipinski definition) is 4. The van der Waals surface area contributed by atoms with Gasteiger partial charge < -0.3 is 40.7 Å². The van der Waals surface area contributed by atoms with Gasteiger partial charge in [-0.25, -0.2) is 0 Å². The lowest BCUT2D eigenvalue weighted by atomic mass is 9.49. The van der Waals surface area contributed by atoms with Crippen molar-refractivity contribution in [1.82, 2.24) is 40.4 Å². The number of amides is 3. The molecule has 8 aliphatic rings.